The number of sulfonamides is 1. The van der Waals surface area contributed by atoms with Crippen LogP contribution in [0.2, 0.25) is 0 Å². The van der Waals surface area contributed by atoms with Crippen molar-refractivity contribution in [2.45, 2.75) is 31.1 Å². The summed E-state index contributed by atoms with van der Waals surface area (Å²) in [5, 5.41) is 0. The second-order valence-electron chi connectivity index (χ2n) is 5.03. The van der Waals surface area contributed by atoms with Gasteiger partial charge in [0, 0.05) is 12.2 Å². The van der Waals surface area contributed by atoms with Crippen LogP contribution < -0.4 is 10.5 Å². The minimum absolute atomic E-state index is 0.313. The number of nitrogens with one attached hydrogen (secondary N) is 1. The maximum atomic E-state index is 12.2. The highest BCUT2D eigenvalue weighted by Crippen LogP contribution is 2.20. The van der Waals surface area contributed by atoms with E-state index in [-0.39, 0.29) is 0 Å². The molecule has 0 bridgehead atoms. The number of aryl methyl sites for hydroxylation is 1. The van der Waals surface area contributed by atoms with Gasteiger partial charge in [-0.25, -0.2) is 13.1 Å². The van der Waals surface area contributed by atoms with Crippen LogP contribution in [0.1, 0.15) is 24.8 Å². The topological polar surface area (TPSA) is 72.2 Å². The van der Waals surface area contributed by atoms with Gasteiger partial charge >= 0.3 is 0 Å². The molecule has 19 heavy (non-hydrogen) atoms. The maximum Gasteiger partial charge on any atom is 0.240 e. The number of hydrogen-bond acceptors (Lipinski definition) is 3. The predicted molar refractivity (Wildman–Crippen MR) is 77.3 cm³/mol. The Hall–Kier alpha value is -1.33. The molecule has 1 aliphatic carbocycles. The van der Waals surface area contributed by atoms with Gasteiger partial charge in [0.1, 0.15) is 0 Å². The Morgan fingerprint density at radius 2 is 2.16 bits per heavy atom. The van der Waals surface area contributed by atoms with Gasteiger partial charge in [0.05, 0.1) is 4.90 Å². The van der Waals surface area contributed by atoms with Gasteiger partial charge in [-0.1, -0.05) is 12.2 Å². The van der Waals surface area contributed by atoms with Gasteiger partial charge < -0.3 is 5.73 Å². The lowest BCUT2D eigenvalue weighted by molar-refractivity contribution is 0.468. The van der Waals surface area contributed by atoms with Crippen molar-refractivity contribution in [2.75, 3.05) is 12.3 Å². The molecule has 0 heterocycles. The van der Waals surface area contributed by atoms with E-state index in [0.29, 0.717) is 28.6 Å². The van der Waals surface area contributed by atoms with Gasteiger partial charge in [-0.15, -0.1) is 0 Å². The van der Waals surface area contributed by atoms with Crippen LogP contribution in [0, 0.1) is 12.8 Å². The third kappa shape index (κ3) is 3.58. The van der Waals surface area contributed by atoms with E-state index in [4.69, 9.17) is 5.73 Å². The third-order valence-electron chi connectivity index (χ3n) is 3.43. The molecular formula is C14H20N2O2S. The highest BCUT2D eigenvalue weighted by molar-refractivity contribution is 7.89. The number of rotatable bonds is 4. The van der Waals surface area contributed by atoms with Crippen LogP contribution in [-0.2, 0) is 10.0 Å². The molecule has 3 N–H and O–H groups in total. The first-order chi connectivity index (χ1) is 8.99. The van der Waals surface area contributed by atoms with Crippen molar-refractivity contribution >= 4 is 15.7 Å². The van der Waals surface area contributed by atoms with Crippen molar-refractivity contribution in [3.8, 4) is 0 Å². The van der Waals surface area contributed by atoms with Gasteiger partial charge in [-0.2, -0.15) is 0 Å². The number of benzene rings is 1. The van der Waals surface area contributed by atoms with Gasteiger partial charge in [0.25, 0.3) is 0 Å². The van der Waals surface area contributed by atoms with Gasteiger partial charge in [0.2, 0.25) is 10.0 Å². The van der Waals surface area contributed by atoms with Crippen LogP contribution in [0.5, 0.6) is 0 Å². The predicted octanol–water partition coefficient (Wildman–Crippen LogP) is 2.21. The fourth-order valence-corrected chi connectivity index (χ4v) is 3.66. The van der Waals surface area contributed by atoms with E-state index in [0.717, 1.165) is 19.3 Å². The lowest BCUT2D eigenvalue weighted by Gasteiger charge is -2.18. The molecule has 0 saturated heterocycles. The molecule has 1 aromatic rings. The summed E-state index contributed by atoms with van der Waals surface area (Å²) in [6.07, 6.45) is 7.29. The molecule has 0 aliphatic heterocycles. The van der Waals surface area contributed by atoms with Crippen LogP contribution in [0.25, 0.3) is 0 Å². The summed E-state index contributed by atoms with van der Waals surface area (Å²) in [7, 11) is -3.44. The zero-order valence-corrected chi connectivity index (χ0v) is 11.9. The molecule has 1 unspecified atom stereocenters. The van der Waals surface area contributed by atoms with Gasteiger partial charge in [-0.05, 0) is 55.9 Å². The Bertz CT molecular complexity index is 579. The first kappa shape index (κ1) is 14.1. The zero-order chi connectivity index (χ0) is 13.9. The molecule has 4 nitrogen and oxygen atoms in total. The standard InChI is InChI=1S/C14H20N2O2S/c1-11-9-13(15)7-8-14(11)19(17,18)16-10-12-5-3-2-4-6-12/h2-3,7-9,12,16H,4-6,10,15H2,1H3. The minimum Gasteiger partial charge on any atom is -0.399 e. The van der Waals surface area contributed by atoms with E-state index < -0.39 is 10.0 Å². The molecule has 1 atom stereocenters. The van der Waals surface area contributed by atoms with E-state index in [9.17, 15) is 8.42 Å². The second kappa shape index (κ2) is 5.75. The molecular weight excluding hydrogens is 260 g/mol. The van der Waals surface area contributed by atoms with Crippen molar-refractivity contribution < 1.29 is 8.42 Å². The van der Waals surface area contributed by atoms with Gasteiger partial charge in [-0.3, -0.25) is 0 Å². The summed E-state index contributed by atoms with van der Waals surface area (Å²) >= 11 is 0. The fraction of sp³-hybridized carbons (Fsp3) is 0.429. The summed E-state index contributed by atoms with van der Waals surface area (Å²) in [6, 6.07) is 4.86. The largest absolute Gasteiger partial charge is 0.399 e. The minimum atomic E-state index is -3.44. The molecule has 0 saturated carbocycles. The van der Waals surface area contributed by atoms with Crippen LogP contribution in [0.3, 0.4) is 0 Å². The monoisotopic (exact) mass is 280 g/mol. The Labute approximate surface area is 114 Å². The molecule has 1 aliphatic rings. The first-order valence-corrected chi connectivity index (χ1v) is 7.98. The van der Waals surface area contributed by atoms with E-state index in [2.05, 4.69) is 16.9 Å². The number of allylic oxidation sites excluding steroid dienone is 2. The molecule has 2 rings (SSSR count). The van der Waals surface area contributed by atoms with Crippen LogP contribution >= 0.6 is 0 Å². The van der Waals surface area contributed by atoms with E-state index in [1.165, 1.54) is 0 Å². The normalized spacial score (nSPS) is 19.5. The number of nitrogen functional groups attached to an aromatic ring is 1. The Kier molecular flexibility index (Phi) is 4.27. The van der Waals surface area contributed by atoms with Crippen LogP contribution in [-0.4, -0.2) is 15.0 Å². The molecule has 0 spiro atoms. The Morgan fingerprint density at radius 1 is 1.37 bits per heavy atom. The molecule has 0 aromatic heterocycles. The Morgan fingerprint density at radius 3 is 2.79 bits per heavy atom. The maximum absolute atomic E-state index is 12.2. The van der Waals surface area contributed by atoms with Gasteiger partial charge in [0.15, 0.2) is 0 Å². The second-order valence-corrected chi connectivity index (χ2v) is 6.76. The number of hydrogen-bond donors (Lipinski definition) is 2. The summed E-state index contributed by atoms with van der Waals surface area (Å²) in [4.78, 5) is 0.313. The van der Waals surface area contributed by atoms with E-state index in [1.54, 1.807) is 25.1 Å². The van der Waals surface area contributed by atoms with Crippen molar-refractivity contribution in [1.29, 1.82) is 0 Å². The molecule has 5 heteroatoms. The Balaban J connectivity index is 2.07. The fourth-order valence-electron chi connectivity index (χ4n) is 2.32. The molecule has 0 amide bonds. The van der Waals surface area contributed by atoms with Crippen molar-refractivity contribution in [3.05, 3.63) is 35.9 Å². The SMILES string of the molecule is Cc1cc(N)ccc1S(=O)(=O)NCC1CC=CCC1. The molecule has 1 aromatic carbocycles. The first-order valence-electron chi connectivity index (χ1n) is 6.50. The average molecular weight is 280 g/mol. The summed E-state index contributed by atoms with van der Waals surface area (Å²) in [5.41, 5.74) is 6.89. The zero-order valence-electron chi connectivity index (χ0n) is 11.1. The van der Waals surface area contributed by atoms with Crippen LogP contribution in [0.4, 0.5) is 5.69 Å². The smallest absolute Gasteiger partial charge is 0.240 e. The quantitative estimate of drug-likeness (QED) is 0.656. The molecule has 0 fully saturated rings. The highest BCUT2D eigenvalue weighted by Gasteiger charge is 2.19. The van der Waals surface area contributed by atoms with Crippen molar-refractivity contribution in [2.24, 2.45) is 5.92 Å². The number of anilines is 1. The lowest BCUT2D eigenvalue weighted by atomic mass is 9.95. The third-order valence-corrected chi connectivity index (χ3v) is 5.01. The number of nitrogens with two attached hydrogens (primary N) is 1. The summed E-state index contributed by atoms with van der Waals surface area (Å²) in [5.74, 6) is 0.397. The molecule has 104 valence electrons. The van der Waals surface area contributed by atoms with E-state index >= 15 is 0 Å². The van der Waals surface area contributed by atoms with E-state index in [1.807, 2.05) is 0 Å². The highest BCUT2D eigenvalue weighted by atomic mass is 32.2. The van der Waals surface area contributed by atoms with Crippen molar-refractivity contribution in [1.82, 2.24) is 4.72 Å². The average Bonchev–Trinajstić information content (AvgIpc) is 2.37. The lowest BCUT2D eigenvalue weighted by Crippen LogP contribution is -2.30. The van der Waals surface area contributed by atoms with Crippen LogP contribution in [0.15, 0.2) is 35.2 Å². The molecule has 0 radical (unpaired) electrons. The van der Waals surface area contributed by atoms with Crippen molar-refractivity contribution in [3.63, 3.8) is 0 Å². The summed E-state index contributed by atoms with van der Waals surface area (Å²) < 4.78 is 27.2. The summed E-state index contributed by atoms with van der Waals surface area (Å²) in [6.45, 7) is 2.25.